The Morgan fingerprint density at radius 1 is 0.712 bits per heavy atom. The summed E-state index contributed by atoms with van der Waals surface area (Å²) in [6.45, 7) is 0.125. The van der Waals surface area contributed by atoms with E-state index < -0.39 is 47.9 Å². The van der Waals surface area contributed by atoms with Crippen LogP contribution in [0.25, 0.3) is 0 Å². The number of halogens is 3. The molecule has 7 rings (SSSR count). The maximum absolute atomic E-state index is 15.2. The average molecular weight is 729 g/mol. The summed E-state index contributed by atoms with van der Waals surface area (Å²) >= 11 is 6.70. The number of hydrogen-bond acceptors (Lipinski definition) is 7. The highest BCUT2D eigenvalue weighted by molar-refractivity contribution is 6.31. The zero-order chi connectivity index (χ0) is 36.1. The molecule has 52 heavy (non-hydrogen) atoms. The summed E-state index contributed by atoms with van der Waals surface area (Å²) in [5, 5.41) is 11.4. The lowest BCUT2D eigenvalue weighted by molar-refractivity contribution is -0.353. The molecule has 0 amide bonds. The molecule has 5 aromatic carbocycles. The van der Waals surface area contributed by atoms with Crippen molar-refractivity contribution in [3.63, 3.8) is 0 Å². The zero-order valence-corrected chi connectivity index (χ0v) is 29.3. The van der Waals surface area contributed by atoms with Crippen LogP contribution < -0.4 is 4.74 Å². The van der Waals surface area contributed by atoms with Crippen molar-refractivity contribution in [1.82, 2.24) is 0 Å². The summed E-state index contributed by atoms with van der Waals surface area (Å²) in [4.78, 5) is 0. The lowest BCUT2D eigenvalue weighted by atomic mass is 9.83. The van der Waals surface area contributed by atoms with Gasteiger partial charge in [0.05, 0.1) is 40.1 Å². The van der Waals surface area contributed by atoms with E-state index >= 15 is 4.39 Å². The van der Waals surface area contributed by atoms with Crippen molar-refractivity contribution in [2.24, 2.45) is 0 Å². The average Bonchev–Trinajstić information content (AvgIpc) is 3.54. The van der Waals surface area contributed by atoms with Gasteiger partial charge in [0.2, 0.25) is 11.6 Å². The van der Waals surface area contributed by atoms with Crippen LogP contribution in [-0.4, -0.2) is 49.3 Å². The number of ether oxygens (including phenoxy) is 6. The van der Waals surface area contributed by atoms with Gasteiger partial charge in [0.25, 0.3) is 0 Å². The van der Waals surface area contributed by atoms with E-state index in [1.807, 2.05) is 91.0 Å². The number of hydrogen-bond donors (Lipinski definition) is 1. The number of benzene rings is 5. The van der Waals surface area contributed by atoms with E-state index in [2.05, 4.69) is 0 Å². The van der Waals surface area contributed by atoms with Crippen molar-refractivity contribution >= 4 is 11.6 Å². The summed E-state index contributed by atoms with van der Waals surface area (Å²) in [6, 6.07) is 37.1. The lowest BCUT2D eigenvalue weighted by Crippen LogP contribution is -2.67. The minimum atomic E-state index is -1.62. The Labute approximate surface area is 306 Å². The molecule has 10 heteroatoms. The van der Waals surface area contributed by atoms with Gasteiger partial charge < -0.3 is 33.5 Å². The van der Waals surface area contributed by atoms with Gasteiger partial charge in [-0.05, 0) is 46.0 Å². The predicted molar refractivity (Wildman–Crippen MR) is 191 cm³/mol. The summed E-state index contributed by atoms with van der Waals surface area (Å²) < 4.78 is 68.6. The normalized spacial score (nSPS) is 23.8. The monoisotopic (exact) mass is 728 g/mol. The first-order valence-corrected chi connectivity index (χ1v) is 17.4. The molecule has 5 atom stereocenters. The van der Waals surface area contributed by atoms with Crippen LogP contribution in [-0.2, 0) is 55.7 Å². The molecule has 0 saturated carbocycles. The van der Waals surface area contributed by atoms with Crippen LogP contribution in [0.2, 0.25) is 5.02 Å². The van der Waals surface area contributed by atoms with Gasteiger partial charge in [-0.15, -0.1) is 0 Å². The second-order valence-electron chi connectivity index (χ2n) is 13.0. The Bertz CT molecular complexity index is 1950. The first-order chi connectivity index (χ1) is 25.4. The molecule has 2 aliphatic heterocycles. The summed E-state index contributed by atoms with van der Waals surface area (Å²) in [5.41, 5.74) is 2.51. The van der Waals surface area contributed by atoms with Crippen LogP contribution in [0.4, 0.5) is 8.78 Å². The summed E-state index contributed by atoms with van der Waals surface area (Å²) in [6.07, 6.45) is -2.62. The standard InChI is InChI=1S/C42H39ClF2O7/c1-47-35-20-17-31(36(44)37(35)45)21-32-22-33(18-19-34(32)43)42-40(50-25-30-15-9-4-10-16-30)38(48-23-28-11-5-2-6-12-28)39(41(26-46,52-42)27-51-42)49-24-29-13-7-3-8-14-29/h2-20,22,38-40,46H,21,23-27H2,1H3/t38-,39+,40-,41+,42?/m0/s1. The Balaban J connectivity index is 1.31. The topological polar surface area (TPSA) is 75.6 Å². The van der Waals surface area contributed by atoms with Crippen molar-refractivity contribution in [3.05, 3.63) is 171 Å². The number of aliphatic hydroxyl groups is 1. The van der Waals surface area contributed by atoms with E-state index in [4.69, 9.17) is 40.0 Å². The Kier molecular flexibility index (Phi) is 11.0. The number of methoxy groups -OCH3 is 1. The van der Waals surface area contributed by atoms with Gasteiger partial charge in [-0.3, -0.25) is 0 Å². The highest BCUT2D eigenvalue weighted by atomic mass is 35.5. The van der Waals surface area contributed by atoms with Crippen LogP contribution in [0.1, 0.15) is 33.4 Å². The second-order valence-corrected chi connectivity index (χ2v) is 13.4. The van der Waals surface area contributed by atoms with E-state index in [-0.39, 0.29) is 44.2 Å². The van der Waals surface area contributed by atoms with Crippen molar-refractivity contribution in [1.29, 1.82) is 0 Å². The fourth-order valence-electron chi connectivity index (χ4n) is 6.93. The maximum atomic E-state index is 15.2. The minimum absolute atomic E-state index is 0.0348. The molecule has 270 valence electrons. The van der Waals surface area contributed by atoms with Gasteiger partial charge in [0, 0.05) is 17.0 Å². The molecule has 2 aliphatic rings. The smallest absolute Gasteiger partial charge is 0.225 e. The van der Waals surface area contributed by atoms with E-state index in [0.717, 1.165) is 16.7 Å². The van der Waals surface area contributed by atoms with Crippen LogP contribution in [0, 0.1) is 11.6 Å². The largest absolute Gasteiger partial charge is 0.494 e. The first-order valence-electron chi connectivity index (χ1n) is 17.1. The van der Waals surface area contributed by atoms with Crippen LogP contribution in [0.15, 0.2) is 121 Å². The molecule has 0 aliphatic carbocycles. The zero-order valence-electron chi connectivity index (χ0n) is 28.6. The number of rotatable bonds is 14. The third-order valence-electron chi connectivity index (χ3n) is 9.65. The van der Waals surface area contributed by atoms with E-state index in [0.29, 0.717) is 16.1 Å². The molecule has 1 unspecified atom stereocenters. The SMILES string of the molecule is COc1ccc(Cc2cc(C34OC[C@@](CO)(O3)[C@H](OCc3ccccc3)[C@H](OCc3ccccc3)[C@@H]4OCc3ccccc3)ccc2Cl)c(F)c1F. The van der Waals surface area contributed by atoms with Gasteiger partial charge in [0.1, 0.15) is 23.9 Å². The quantitative estimate of drug-likeness (QED) is 0.125. The molecule has 2 fully saturated rings. The van der Waals surface area contributed by atoms with Crippen LogP contribution in [0.5, 0.6) is 5.75 Å². The fraction of sp³-hybridized carbons (Fsp3) is 0.286. The summed E-state index contributed by atoms with van der Waals surface area (Å²) in [5.74, 6) is -3.92. The van der Waals surface area contributed by atoms with Crippen molar-refractivity contribution < 1.29 is 42.3 Å². The molecular formula is C42H39ClF2O7. The first kappa shape index (κ1) is 36.2. The Hall–Kier alpha value is -4.19. The van der Waals surface area contributed by atoms with E-state index in [9.17, 15) is 9.50 Å². The predicted octanol–water partition coefficient (Wildman–Crippen LogP) is 7.92. The van der Waals surface area contributed by atoms with Crippen LogP contribution >= 0.6 is 11.6 Å². The number of fused-ring (bicyclic) bond motifs is 2. The maximum Gasteiger partial charge on any atom is 0.225 e. The van der Waals surface area contributed by atoms with Gasteiger partial charge in [0.15, 0.2) is 11.6 Å². The third kappa shape index (κ3) is 7.23. The molecular weight excluding hydrogens is 690 g/mol. The fourth-order valence-corrected chi connectivity index (χ4v) is 7.12. The molecule has 0 aromatic heterocycles. The molecule has 2 saturated heterocycles. The second kappa shape index (κ2) is 15.8. The van der Waals surface area contributed by atoms with Gasteiger partial charge in [-0.25, -0.2) is 4.39 Å². The van der Waals surface area contributed by atoms with E-state index in [1.165, 1.54) is 19.2 Å². The molecule has 2 bridgehead atoms. The van der Waals surface area contributed by atoms with Gasteiger partial charge in [-0.1, -0.05) is 115 Å². The van der Waals surface area contributed by atoms with Gasteiger partial charge >= 0.3 is 0 Å². The van der Waals surface area contributed by atoms with Crippen molar-refractivity contribution in [3.8, 4) is 5.75 Å². The molecule has 2 heterocycles. The molecule has 7 nitrogen and oxygen atoms in total. The highest BCUT2D eigenvalue weighted by Gasteiger charge is 2.69. The molecule has 5 aromatic rings. The van der Waals surface area contributed by atoms with Crippen LogP contribution in [0.3, 0.4) is 0 Å². The Morgan fingerprint density at radius 3 is 1.87 bits per heavy atom. The number of aliphatic hydroxyl groups excluding tert-OH is 1. The third-order valence-corrected chi connectivity index (χ3v) is 10.0. The Morgan fingerprint density at radius 2 is 1.29 bits per heavy atom. The van der Waals surface area contributed by atoms with E-state index in [1.54, 1.807) is 18.2 Å². The highest BCUT2D eigenvalue weighted by Crippen LogP contribution is 2.53. The minimum Gasteiger partial charge on any atom is -0.494 e. The summed E-state index contributed by atoms with van der Waals surface area (Å²) in [7, 11) is 1.28. The van der Waals surface area contributed by atoms with Gasteiger partial charge in [-0.2, -0.15) is 4.39 Å². The van der Waals surface area contributed by atoms with Crippen molar-refractivity contribution in [2.75, 3.05) is 20.3 Å². The van der Waals surface area contributed by atoms with Crippen molar-refractivity contribution in [2.45, 2.75) is 55.9 Å². The molecule has 1 N–H and O–H groups in total. The molecule has 0 spiro atoms. The lowest BCUT2D eigenvalue weighted by Gasteiger charge is -2.50. The molecule has 0 radical (unpaired) electrons.